The summed E-state index contributed by atoms with van der Waals surface area (Å²) in [6, 6.07) is 5.10. The van der Waals surface area contributed by atoms with Gasteiger partial charge in [0.2, 0.25) is 11.8 Å². The SMILES string of the molecule is Cc1cccc(NC(=O)[C@H]2CCCN2C(=O)C(C)(C)C)n1. The van der Waals surface area contributed by atoms with Gasteiger partial charge in [-0.05, 0) is 31.9 Å². The molecule has 0 aromatic carbocycles. The van der Waals surface area contributed by atoms with E-state index in [-0.39, 0.29) is 17.9 Å². The van der Waals surface area contributed by atoms with Crippen molar-refractivity contribution in [1.29, 1.82) is 0 Å². The standard InChI is InChI=1S/C16H23N3O2/c1-11-7-5-9-13(17-11)18-14(20)12-8-6-10-19(12)15(21)16(2,3)4/h5,7,9,12H,6,8,10H2,1-4H3,(H,17,18,20)/t12-/m1/s1. The van der Waals surface area contributed by atoms with Gasteiger partial charge < -0.3 is 10.2 Å². The van der Waals surface area contributed by atoms with E-state index < -0.39 is 5.41 Å². The predicted octanol–water partition coefficient (Wildman–Crippen LogP) is 2.37. The van der Waals surface area contributed by atoms with Crippen molar-refractivity contribution in [3.63, 3.8) is 0 Å². The monoisotopic (exact) mass is 289 g/mol. The molecule has 0 unspecified atom stereocenters. The third-order valence-corrected chi connectivity index (χ3v) is 3.60. The summed E-state index contributed by atoms with van der Waals surface area (Å²) in [6.45, 7) is 8.16. The second kappa shape index (κ2) is 5.84. The molecule has 0 radical (unpaired) electrons. The van der Waals surface area contributed by atoms with Crippen LogP contribution in [0.15, 0.2) is 18.2 Å². The fraction of sp³-hybridized carbons (Fsp3) is 0.562. The lowest BCUT2D eigenvalue weighted by Crippen LogP contribution is -2.47. The van der Waals surface area contributed by atoms with Crippen LogP contribution < -0.4 is 5.32 Å². The molecule has 1 atom stereocenters. The number of aromatic nitrogens is 1. The van der Waals surface area contributed by atoms with Gasteiger partial charge in [0, 0.05) is 17.7 Å². The molecule has 2 amide bonds. The molecule has 1 aromatic heterocycles. The highest BCUT2D eigenvalue weighted by Crippen LogP contribution is 2.26. The molecule has 2 heterocycles. The van der Waals surface area contributed by atoms with Crippen molar-refractivity contribution < 1.29 is 9.59 Å². The van der Waals surface area contributed by atoms with E-state index in [1.807, 2.05) is 39.8 Å². The maximum atomic E-state index is 12.4. The molecule has 1 fully saturated rings. The zero-order chi connectivity index (χ0) is 15.6. The van der Waals surface area contributed by atoms with Crippen molar-refractivity contribution >= 4 is 17.6 Å². The van der Waals surface area contributed by atoms with Gasteiger partial charge in [-0.2, -0.15) is 0 Å². The first kappa shape index (κ1) is 15.5. The van der Waals surface area contributed by atoms with Crippen LogP contribution in [0.1, 0.15) is 39.3 Å². The summed E-state index contributed by atoms with van der Waals surface area (Å²) < 4.78 is 0. The summed E-state index contributed by atoms with van der Waals surface area (Å²) in [5, 5.41) is 2.82. The second-order valence-electron chi connectivity index (χ2n) is 6.56. The molecule has 1 aromatic rings. The van der Waals surface area contributed by atoms with Gasteiger partial charge >= 0.3 is 0 Å². The Balaban J connectivity index is 2.09. The average molecular weight is 289 g/mol. The third kappa shape index (κ3) is 3.60. The molecule has 21 heavy (non-hydrogen) atoms. The fourth-order valence-corrected chi connectivity index (χ4v) is 2.54. The highest BCUT2D eigenvalue weighted by molar-refractivity contribution is 5.97. The van der Waals surface area contributed by atoms with Crippen molar-refractivity contribution in [2.24, 2.45) is 5.41 Å². The molecule has 2 rings (SSSR count). The number of anilines is 1. The Morgan fingerprint density at radius 2 is 2.05 bits per heavy atom. The molecular weight excluding hydrogens is 266 g/mol. The molecule has 0 spiro atoms. The molecule has 1 saturated heterocycles. The maximum absolute atomic E-state index is 12.4. The maximum Gasteiger partial charge on any atom is 0.248 e. The van der Waals surface area contributed by atoms with E-state index in [1.165, 1.54) is 0 Å². The van der Waals surface area contributed by atoms with Crippen LogP contribution in [0.3, 0.4) is 0 Å². The number of pyridine rings is 1. The van der Waals surface area contributed by atoms with Gasteiger partial charge in [0.1, 0.15) is 11.9 Å². The second-order valence-corrected chi connectivity index (χ2v) is 6.56. The summed E-state index contributed by atoms with van der Waals surface area (Å²) in [6.07, 6.45) is 1.57. The first-order chi connectivity index (χ1) is 9.79. The van der Waals surface area contributed by atoms with Gasteiger partial charge in [-0.15, -0.1) is 0 Å². The first-order valence-electron chi connectivity index (χ1n) is 7.34. The fourth-order valence-electron chi connectivity index (χ4n) is 2.54. The normalized spacial score (nSPS) is 18.7. The van der Waals surface area contributed by atoms with E-state index in [0.717, 1.165) is 12.1 Å². The Morgan fingerprint density at radius 1 is 1.33 bits per heavy atom. The molecule has 1 aliphatic rings. The minimum Gasteiger partial charge on any atom is -0.330 e. The molecule has 0 aliphatic carbocycles. The van der Waals surface area contributed by atoms with E-state index in [1.54, 1.807) is 11.0 Å². The van der Waals surface area contributed by atoms with E-state index in [0.29, 0.717) is 18.8 Å². The zero-order valence-corrected chi connectivity index (χ0v) is 13.1. The lowest BCUT2D eigenvalue weighted by Gasteiger charge is -2.30. The molecule has 5 nitrogen and oxygen atoms in total. The molecule has 1 N–H and O–H groups in total. The lowest BCUT2D eigenvalue weighted by molar-refractivity contribution is -0.143. The van der Waals surface area contributed by atoms with Crippen molar-refractivity contribution in [2.75, 3.05) is 11.9 Å². The number of amides is 2. The third-order valence-electron chi connectivity index (χ3n) is 3.60. The van der Waals surface area contributed by atoms with Crippen molar-refractivity contribution in [1.82, 2.24) is 9.88 Å². The van der Waals surface area contributed by atoms with Gasteiger partial charge in [0.25, 0.3) is 0 Å². The molecule has 0 saturated carbocycles. The van der Waals surface area contributed by atoms with Crippen LogP contribution in [-0.2, 0) is 9.59 Å². The van der Waals surface area contributed by atoms with Crippen LogP contribution in [0.5, 0.6) is 0 Å². The smallest absolute Gasteiger partial charge is 0.248 e. The number of likely N-dealkylation sites (tertiary alicyclic amines) is 1. The Labute approximate surface area is 125 Å². The summed E-state index contributed by atoms with van der Waals surface area (Å²) >= 11 is 0. The number of carbonyl (C=O) groups is 2. The quantitative estimate of drug-likeness (QED) is 0.909. The van der Waals surface area contributed by atoms with Crippen molar-refractivity contribution in [2.45, 2.75) is 46.6 Å². The largest absolute Gasteiger partial charge is 0.330 e. The molecule has 1 aliphatic heterocycles. The van der Waals surface area contributed by atoms with E-state index in [9.17, 15) is 9.59 Å². The summed E-state index contributed by atoms with van der Waals surface area (Å²) in [5.74, 6) is 0.413. The van der Waals surface area contributed by atoms with Crippen molar-refractivity contribution in [3.05, 3.63) is 23.9 Å². The number of rotatable bonds is 2. The van der Waals surface area contributed by atoms with Gasteiger partial charge in [-0.1, -0.05) is 26.8 Å². The zero-order valence-electron chi connectivity index (χ0n) is 13.1. The highest BCUT2D eigenvalue weighted by Gasteiger charge is 2.38. The van der Waals surface area contributed by atoms with E-state index in [4.69, 9.17) is 0 Å². The molecular formula is C16H23N3O2. The van der Waals surface area contributed by atoms with Crippen LogP contribution in [-0.4, -0.2) is 34.3 Å². The highest BCUT2D eigenvalue weighted by atomic mass is 16.2. The van der Waals surface area contributed by atoms with Crippen LogP contribution in [0, 0.1) is 12.3 Å². The average Bonchev–Trinajstić information content (AvgIpc) is 2.85. The Bertz CT molecular complexity index is 549. The summed E-state index contributed by atoms with van der Waals surface area (Å²) in [5.41, 5.74) is 0.381. The first-order valence-corrected chi connectivity index (χ1v) is 7.34. The number of nitrogens with zero attached hydrogens (tertiary/aromatic N) is 2. The lowest BCUT2D eigenvalue weighted by atomic mass is 9.94. The predicted molar refractivity (Wildman–Crippen MR) is 81.8 cm³/mol. The van der Waals surface area contributed by atoms with Crippen LogP contribution >= 0.6 is 0 Å². The number of carbonyl (C=O) groups excluding carboxylic acids is 2. The summed E-state index contributed by atoms with van der Waals surface area (Å²) in [7, 11) is 0. The molecule has 114 valence electrons. The molecule has 5 heteroatoms. The Kier molecular flexibility index (Phi) is 4.30. The van der Waals surface area contributed by atoms with Crippen LogP contribution in [0.25, 0.3) is 0 Å². The van der Waals surface area contributed by atoms with Crippen LogP contribution in [0.4, 0.5) is 5.82 Å². The van der Waals surface area contributed by atoms with Gasteiger partial charge in [-0.3, -0.25) is 9.59 Å². The Hall–Kier alpha value is -1.91. The number of nitrogens with one attached hydrogen (secondary N) is 1. The minimum absolute atomic E-state index is 0.0253. The summed E-state index contributed by atoms with van der Waals surface area (Å²) in [4.78, 5) is 30.8. The number of aryl methyl sites for hydroxylation is 1. The van der Waals surface area contributed by atoms with Crippen molar-refractivity contribution in [3.8, 4) is 0 Å². The molecule has 0 bridgehead atoms. The topological polar surface area (TPSA) is 62.3 Å². The number of hydrogen-bond donors (Lipinski definition) is 1. The minimum atomic E-state index is -0.468. The van der Waals surface area contributed by atoms with Crippen LogP contribution in [0.2, 0.25) is 0 Å². The number of hydrogen-bond acceptors (Lipinski definition) is 3. The van der Waals surface area contributed by atoms with E-state index in [2.05, 4.69) is 10.3 Å². The van der Waals surface area contributed by atoms with Gasteiger partial charge in [0.05, 0.1) is 0 Å². The Morgan fingerprint density at radius 3 is 2.67 bits per heavy atom. The van der Waals surface area contributed by atoms with Gasteiger partial charge in [0.15, 0.2) is 0 Å². The van der Waals surface area contributed by atoms with E-state index >= 15 is 0 Å². The van der Waals surface area contributed by atoms with Gasteiger partial charge in [-0.25, -0.2) is 4.98 Å².